The SMILES string of the molecule is COc1c([C@@H]2C[C@](C)(C(F)(F)F)S[C@H]2C(=O)Nc2ccc(NS(N)(=O)=O)cc2)ccc(F)c1F. The number of anilines is 2. The van der Waals surface area contributed by atoms with Crippen LogP contribution in [0.3, 0.4) is 0 Å². The molecule has 14 heteroatoms. The molecule has 1 aliphatic rings. The lowest BCUT2D eigenvalue weighted by molar-refractivity contribution is -0.155. The van der Waals surface area contributed by atoms with Crippen LogP contribution < -0.4 is 19.9 Å². The number of nitrogens with two attached hydrogens (primary N) is 1. The Morgan fingerprint density at radius 3 is 2.26 bits per heavy atom. The number of hydrogen-bond acceptors (Lipinski definition) is 5. The zero-order valence-corrected chi connectivity index (χ0v) is 19.4. The third-order valence-corrected chi connectivity index (χ3v) is 7.55. The van der Waals surface area contributed by atoms with Crippen molar-refractivity contribution in [3.8, 4) is 5.75 Å². The van der Waals surface area contributed by atoms with Crippen LogP contribution >= 0.6 is 11.8 Å². The molecule has 2 aromatic rings. The van der Waals surface area contributed by atoms with Gasteiger partial charge < -0.3 is 10.1 Å². The van der Waals surface area contributed by atoms with Gasteiger partial charge in [-0.05, 0) is 43.7 Å². The third kappa shape index (κ3) is 5.39. The number of carbonyl (C=O) groups is 1. The van der Waals surface area contributed by atoms with Crippen LogP contribution in [0.4, 0.5) is 33.3 Å². The van der Waals surface area contributed by atoms with E-state index in [1.54, 1.807) is 0 Å². The molecule has 1 heterocycles. The average molecular weight is 526 g/mol. The zero-order chi connectivity index (χ0) is 25.5. The third-order valence-electron chi connectivity index (χ3n) is 5.32. The molecule has 2 aromatic carbocycles. The number of hydrogen-bond donors (Lipinski definition) is 3. The van der Waals surface area contributed by atoms with E-state index in [9.17, 15) is 35.2 Å². The molecule has 0 radical (unpaired) electrons. The van der Waals surface area contributed by atoms with Gasteiger partial charge in [0.2, 0.25) is 11.7 Å². The molecule has 4 N–H and O–H groups in total. The molecule has 0 aliphatic carbocycles. The number of methoxy groups -OCH3 is 1. The molecular formula is C20H20F5N3O4S2. The van der Waals surface area contributed by atoms with Gasteiger partial charge in [-0.2, -0.15) is 26.0 Å². The van der Waals surface area contributed by atoms with Gasteiger partial charge in [0.05, 0.1) is 12.4 Å². The minimum absolute atomic E-state index is 0.0604. The Balaban J connectivity index is 1.94. The van der Waals surface area contributed by atoms with Gasteiger partial charge in [0.15, 0.2) is 11.6 Å². The van der Waals surface area contributed by atoms with E-state index in [4.69, 9.17) is 9.88 Å². The number of carbonyl (C=O) groups excluding carboxylic acids is 1. The number of amides is 1. The maximum atomic E-state index is 14.3. The number of halogens is 5. The van der Waals surface area contributed by atoms with Gasteiger partial charge in [-0.3, -0.25) is 9.52 Å². The fourth-order valence-corrected chi connectivity index (χ4v) is 5.68. The largest absolute Gasteiger partial charge is 0.493 e. The van der Waals surface area contributed by atoms with Crippen LogP contribution in [0.2, 0.25) is 0 Å². The molecule has 1 aliphatic heterocycles. The van der Waals surface area contributed by atoms with E-state index in [2.05, 4.69) is 5.32 Å². The molecule has 3 rings (SSSR count). The van der Waals surface area contributed by atoms with Gasteiger partial charge in [0.25, 0.3) is 10.2 Å². The van der Waals surface area contributed by atoms with Crippen LogP contribution in [0, 0.1) is 11.6 Å². The molecule has 0 saturated carbocycles. The van der Waals surface area contributed by atoms with Crippen molar-refractivity contribution in [2.75, 3.05) is 17.1 Å². The molecule has 1 amide bonds. The number of benzene rings is 2. The lowest BCUT2D eigenvalue weighted by Crippen LogP contribution is -2.37. The van der Waals surface area contributed by atoms with Crippen LogP contribution in [-0.2, 0) is 15.0 Å². The molecular weight excluding hydrogens is 505 g/mol. The Labute approximate surface area is 196 Å². The summed E-state index contributed by atoms with van der Waals surface area (Å²) in [5, 5.41) is 6.04. The summed E-state index contributed by atoms with van der Waals surface area (Å²) >= 11 is 0.373. The van der Waals surface area contributed by atoms with Crippen molar-refractivity contribution in [2.45, 2.75) is 35.4 Å². The normalized spacial score (nSPS) is 22.9. The van der Waals surface area contributed by atoms with E-state index in [0.29, 0.717) is 11.8 Å². The van der Waals surface area contributed by atoms with Crippen molar-refractivity contribution in [3.05, 3.63) is 53.6 Å². The van der Waals surface area contributed by atoms with E-state index in [-0.39, 0.29) is 16.9 Å². The summed E-state index contributed by atoms with van der Waals surface area (Å²) in [4.78, 5) is 13.0. The summed E-state index contributed by atoms with van der Waals surface area (Å²) in [6.45, 7) is 0.942. The monoisotopic (exact) mass is 525 g/mol. The van der Waals surface area contributed by atoms with Gasteiger partial charge in [-0.25, -0.2) is 9.53 Å². The first-order valence-corrected chi connectivity index (χ1v) is 12.1. The minimum Gasteiger partial charge on any atom is -0.493 e. The predicted octanol–water partition coefficient (Wildman–Crippen LogP) is 4.14. The first kappa shape index (κ1) is 26.0. The summed E-state index contributed by atoms with van der Waals surface area (Å²) in [5.41, 5.74) is 0.210. The molecule has 3 atom stereocenters. The Kier molecular flexibility index (Phi) is 7.06. The molecule has 1 fully saturated rings. The summed E-state index contributed by atoms with van der Waals surface area (Å²) in [6, 6.07) is 7.10. The molecule has 0 unspecified atom stereocenters. The molecule has 0 spiro atoms. The fraction of sp³-hybridized carbons (Fsp3) is 0.350. The van der Waals surface area contributed by atoms with Gasteiger partial charge in [0, 0.05) is 22.9 Å². The van der Waals surface area contributed by atoms with Crippen LogP contribution in [0.1, 0.15) is 24.8 Å². The summed E-state index contributed by atoms with van der Waals surface area (Å²) < 4.78 is 96.2. The Hall–Kier alpha value is -2.58. The first-order chi connectivity index (χ1) is 15.6. The second kappa shape index (κ2) is 9.23. The van der Waals surface area contributed by atoms with Crippen molar-refractivity contribution in [2.24, 2.45) is 5.14 Å². The number of ether oxygens (including phenoxy) is 1. The van der Waals surface area contributed by atoms with Gasteiger partial charge in [-0.1, -0.05) is 6.07 Å². The molecule has 1 saturated heterocycles. The quantitative estimate of drug-likeness (QED) is 0.491. The summed E-state index contributed by atoms with van der Waals surface area (Å²) in [7, 11) is -2.97. The zero-order valence-electron chi connectivity index (χ0n) is 17.7. The van der Waals surface area contributed by atoms with Crippen LogP contribution in [0.25, 0.3) is 0 Å². The second-order valence-corrected chi connectivity index (χ2v) is 10.7. The second-order valence-electron chi connectivity index (χ2n) is 7.78. The van der Waals surface area contributed by atoms with Crippen molar-refractivity contribution < 1.29 is 39.9 Å². The van der Waals surface area contributed by atoms with Crippen LogP contribution in [0.15, 0.2) is 36.4 Å². The van der Waals surface area contributed by atoms with Crippen molar-refractivity contribution in [1.82, 2.24) is 0 Å². The Morgan fingerprint density at radius 2 is 1.74 bits per heavy atom. The molecule has 7 nitrogen and oxygen atoms in total. The fourth-order valence-electron chi connectivity index (χ4n) is 3.67. The first-order valence-electron chi connectivity index (χ1n) is 9.63. The number of rotatable bonds is 6. The predicted molar refractivity (Wildman–Crippen MR) is 118 cm³/mol. The Morgan fingerprint density at radius 1 is 1.15 bits per heavy atom. The van der Waals surface area contributed by atoms with Gasteiger partial charge in [-0.15, -0.1) is 11.8 Å². The van der Waals surface area contributed by atoms with Crippen molar-refractivity contribution >= 4 is 39.3 Å². The molecule has 34 heavy (non-hydrogen) atoms. The maximum absolute atomic E-state index is 14.3. The van der Waals surface area contributed by atoms with E-state index < -0.39 is 62.0 Å². The minimum atomic E-state index is -4.68. The number of alkyl halides is 3. The molecule has 0 aromatic heterocycles. The van der Waals surface area contributed by atoms with Gasteiger partial charge >= 0.3 is 6.18 Å². The molecule has 0 bridgehead atoms. The highest BCUT2D eigenvalue weighted by Gasteiger charge is 2.60. The average Bonchev–Trinajstić information content (AvgIpc) is 3.09. The lowest BCUT2D eigenvalue weighted by atomic mass is 9.85. The van der Waals surface area contributed by atoms with Crippen LogP contribution in [0.5, 0.6) is 5.75 Å². The Bertz CT molecular complexity index is 1190. The van der Waals surface area contributed by atoms with Crippen molar-refractivity contribution in [3.63, 3.8) is 0 Å². The summed E-state index contributed by atoms with van der Waals surface area (Å²) in [5.74, 6) is -5.11. The number of thioether (sulfide) groups is 1. The summed E-state index contributed by atoms with van der Waals surface area (Å²) in [6.07, 6.45) is -5.25. The van der Waals surface area contributed by atoms with Crippen molar-refractivity contribution in [1.29, 1.82) is 0 Å². The van der Waals surface area contributed by atoms with E-state index in [0.717, 1.165) is 26.2 Å². The van der Waals surface area contributed by atoms with Crippen LogP contribution in [-0.4, -0.2) is 37.6 Å². The van der Waals surface area contributed by atoms with E-state index in [1.165, 1.54) is 24.3 Å². The van der Waals surface area contributed by atoms with Gasteiger partial charge in [0.1, 0.15) is 4.75 Å². The molecule has 186 valence electrons. The highest BCUT2D eigenvalue weighted by Crippen LogP contribution is 2.59. The highest BCUT2D eigenvalue weighted by molar-refractivity contribution is 8.02. The lowest BCUT2D eigenvalue weighted by Gasteiger charge is -2.26. The standard InChI is InChI=1S/C20H20F5N3O4S2/c1-19(20(23,24)25)9-13(12-7-8-14(21)15(22)16(12)32-2)17(33-19)18(29)27-10-3-5-11(6-4-10)28-34(26,30)31/h3-8,13,17,28H,9H2,1-2H3,(H,27,29)(H2,26,30,31)/t13-,17+,19+/m0/s1. The maximum Gasteiger partial charge on any atom is 0.403 e. The van der Waals surface area contributed by atoms with E-state index in [1.807, 2.05) is 4.72 Å². The topological polar surface area (TPSA) is 111 Å². The van der Waals surface area contributed by atoms with E-state index >= 15 is 0 Å². The smallest absolute Gasteiger partial charge is 0.403 e. The highest BCUT2D eigenvalue weighted by atomic mass is 32.2. The number of nitrogens with one attached hydrogen (secondary N) is 2.